The van der Waals surface area contributed by atoms with Crippen LogP contribution in [0.25, 0.3) is 0 Å². The number of carbonyl (C=O) groups is 1. The molecular formula is C14H21NO3. The van der Waals surface area contributed by atoms with E-state index in [0.717, 1.165) is 18.8 Å². The van der Waals surface area contributed by atoms with Crippen LogP contribution < -0.4 is 4.74 Å². The highest BCUT2D eigenvalue weighted by atomic mass is 16.5. The van der Waals surface area contributed by atoms with Gasteiger partial charge in [-0.05, 0) is 44.6 Å². The molecule has 0 aliphatic heterocycles. The minimum Gasteiger partial charge on any atom is -0.492 e. The molecule has 0 unspecified atom stereocenters. The predicted molar refractivity (Wildman–Crippen MR) is 71.0 cm³/mol. The largest absolute Gasteiger partial charge is 0.492 e. The Bertz CT molecular complexity index is 379. The van der Waals surface area contributed by atoms with Crippen LogP contribution in [-0.2, 0) is 4.79 Å². The summed E-state index contributed by atoms with van der Waals surface area (Å²) in [5, 5.41) is 8.53. The van der Waals surface area contributed by atoms with Crippen molar-refractivity contribution in [1.82, 2.24) is 4.90 Å². The first-order valence-electron chi connectivity index (χ1n) is 6.18. The fourth-order valence-corrected chi connectivity index (χ4v) is 1.64. The van der Waals surface area contributed by atoms with E-state index in [0.29, 0.717) is 13.0 Å². The van der Waals surface area contributed by atoms with Crippen molar-refractivity contribution in [1.29, 1.82) is 0 Å². The van der Waals surface area contributed by atoms with Crippen LogP contribution in [0.4, 0.5) is 0 Å². The van der Waals surface area contributed by atoms with E-state index in [9.17, 15) is 4.79 Å². The van der Waals surface area contributed by atoms with Crippen LogP contribution in [-0.4, -0.2) is 42.7 Å². The fourth-order valence-electron chi connectivity index (χ4n) is 1.64. The van der Waals surface area contributed by atoms with E-state index in [1.54, 1.807) is 0 Å². The maximum Gasteiger partial charge on any atom is 0.303 e. The van der Waals surface area contributed by atoms with Gasteiger partial charge < -0.3 is 14.7 Å². The van der Waals surface area contributed by atoms with Crippen LogP contribution >= 0.6 is 0 Å². The Balaban J connectivity index is 2.15. The van der Waals surface area contributed by atoms with E-state index < -0.39 is 5.97 Å². The number of hydrogen-bond acceptors (Lipinski definition) is 3. The van der Waals surface area contributed by atoms with Crippen molar-refractivity contribution in [2.24, 2.45) is 0 Å². The van der Waals surface area contributed by atoms with Crippen molar-refractivity contribution >= 4 is 5.97 Å². The van der Waals surface area contributed by atoms with Gasteiger partial charge in [0, 0.05) is 13.0 Å². The van der Waals surface area contributed by atoms with Gasteiger partial charge in [0.1, 0.15) is 12.4 Å². The summed E-state index contributed by atoms with van der Waals surface area (Å²) in [5.41, 5.74) is 1.18. The van der Waals surface area contributed by atoms with Gasteiger partial charge in [-0.1, -0.05) is 12.1 Å². The van der Waals surface area contributed by atoms with Gasteiger partial charge >= 0.3 is 5.97 Å². The molecule has 0 amide bonds. The molecule has 0 fully saturated rings. The first-order chi connectivity index (χ1) is 8.58. The van der Waals surface area contributed by atoms with Crippen LogP contribution in [0.15, 0.2) is 24.3 Å². The van der Waals surface area contributed by atoms with Crippen LogP contribution in [0.3, 0.4) is 0 Å². The van der Waals surface area contributed by atoms with Gasteiger partial charge in [-0.3, -0.25) is 4.79 Å². The van der Waals surface area contributed by atoms with E-state index in [4.69, 9.17) is 9.84 Å². The SMILES string of the molecule is Cc1cccc(OCCN(C)CCCC(=O)O)c1. The summed E-state index contributed by atoms with van der Waals surface area (Å²) in [5.74, 6) is 0.147. The maximum atomic E-state index is 10.4. The lowest BCUT2D eigenvalue weighted by molar-refractivity contribution is -0.137. The number of carboxylic acid groups (broad SMARTS) is 1. The fraction of sp³-hybridized carbons (Fsp3) is 0.500. The number of likely N-dealkylation sites (N-methyl/N-ethyl adjacent to an activating group) is 1. The van der Waals surface area contributed by atoms with Crippen molar-refractivity contribution in [3.63, 3.8) is 0 Å². The van der Waals surface area contributed by atoms with Crippen molar-refractivity contribution in [2.45, 2.75) is 19.8 Å². The maximum absolute atomic E-state index is 10.4. The zero-order chi connectivity index (χ0) is 13.4. The summed E-state index contributed by atoms with van der Waals surface area (Å²) in [4.78, 5) is 12.5. The summed E-state index contributed by atoms with van der Waals surface area (Å²) in [7, 11) is 1.97. The molecule has 0 spiro atoms. The zero-order valence-electron chi connectivity index (χ0n) is 11.1. The van der Waals surface area contributed by atoms with E-state index >= 15 is 0 Å². The molecule has 18 heavy (non-hydrogen) atoms. The van der Waals surface area contributed by atoms with Gasteiger partial charge in [-0.2, -0.15) is 0 Å². The molecule has 4 heteroatoms. The van der Waals surface area contributed by atoms with Crippen molar-refractivity contribution in [3.8, 4) is 5.75 Å². The molecule has 4 nitrogen and oxygen atoms in total. The number of hydrogen-bond donors (Lipinski definition) is 1. The molecule has 0 aromatic heterocycles. The summed E-state index contributed by atoms with van der Waals surface area (Å²) in [6, 6.07) is 7.95. The van der Waals surface area contributed by atoms with Crippen LogP contribution in [0, 0.1) is 6.92 Å². The normalized spacial score (nSPS) is 10.6. The lowest BCUT2D eigenvalue weighted by atomic mass is 10.2. The first kappa shape index (κ1) is 14.5. The number of ether oxygens (including phenoxy) is 1. The standard InChI is InChI=1S/C14H21NO3/c1-12-5-3-6-13(11-12)18-10-9-15(2)8-4-7-14(16)17/h3,5-6,11H,4,7-10H2,1-2H3,(H,16,17). The third-order valence-electron chi connectivity index (χ3n) is 2.66. The smallest absolute Gasteiger partial charge is 0.303 e. The molecule has 0 heterocycles. The highest BCUT2D eigenvalue weighted by Crippen LogP contribution is 2.11. The van der Waals surface area contributed by atoms with Crippen LogP contribution in [0.5, 0.6) is 5.75 Å². The van der Waals surface area contributed by atoms with Crippen LogP contribution in [0.1, 0.15) is 18.4 Å². The van der Waals surface area contributed by atoms with Crippen LogP contribution in [0.2, 0.25) is 0 Å². The zero-order valence-corrected chi connectivity index (χ0v) is 11.1. The van der Waals surface area contributed by atoms with E-state index in [-0.39, 0.29) is 6.42 Å². The Kier molecular flexibility index (Phi) is 6.22. The Morgan fingerprint density at radius 3 is 2.83 bits per heavy atom. The molecular weight excluding hydrogens is 230 g/mol. The average molecular weight is 251 g/mol. The highest BCUT2D eigenvalue weighted by molar-refractivity contribution is 5.66. The number of nitrogens with zero attached hydrogens (tertiary/aromatic N) is 1. The minimum atomic E-state index is -0.737. The Labute approximate surface area is 108 Å². The van der Waals surface area contributed by atoms with Crippen molar-refractivity contribution < 1.29 is 14.6 Å². The molecule has 0 aliphatic rings. The summed E-state index contributed by atoms with van der Waals surface area (Å²) >= 11 is 0. The quantitative estimate of drug-likeness (QED) is 0.769. The second-order valence-corrected chi connectivity index (χ2v) is 4.47. The Morgan fingerprint density at radius 1 is 1.39 bits per heavy atom. The molecule has 0 saturated carbocycles. The minimum absolute atomic E-state index is 0.225. The Morgan fingerprint density at radius 2 is 2.17 bits per heavy atom. The van der Waals surface area contributed by atoms with Gasteiger partial charge in [0.15, 0.2) is 0 Å². The number of rotatable bonds is 8. The lowest BCUT2D eigenvalue weighted by Gasteiger charge is -2.16. The monoisotopic (exact) mass is 251 g/mol. The number of benzene rings is 1. The molecule has 0 atom stereocenters. The molecule has 0 saturated heterocycles. The summed E-state index contributed by atoms with van der Waals surface area (Å²) in [6.07, 6.45) is 0.902. The topological polar surface area (TPSA) is 49.8 Å². The van der Waals surface area contributed by atoms with Gasteiger partial charge in [0.25, 0.3) is 0 Å². The summed E-state index contributed by atoms with van der Waals surface area (Å²) in [6.45, 7) is 4.23. The molecule has 0 radical (unpaired) electrons. The number of aryl methyl sites for hydroxylation is 1. The van der Waals surface area contributed by atoms with E-state index in [1.807, 2.05) is 38.2 Å². The molecule has 0 bridgehead atoms. The van der Waals surface area contributed by atoms with Crippen molar-refractivity contribution in [2.75, 3.05) is 26.7 Å². The third-order valence-corrected chi connectivity index (χ3v) is 2.66. The molecule has 1 aromatic carbocycles. The third kappa shape index (κ3) is 6.25. The molecule has 0 aliphatic carbocycles. The average Bonchev–Trinajstić information content (AvgIpc) is 2.28. The summed E-state index contributed by atoms with van der Waals surface area (Å²) < 4.78 is 5.63. The van der Waals surface area contributed by atoms with Gasteiger partial charge in [0.05, 0.1) is 0 Å². The lowest BCUT2D eigenvalue weighted by Crippen LogP contribution is -2.25. The molecule has 100 valence electrons. The van der Waals surface area contributed by atoms with Crippen molar-refractivity contribution in [3.05, 3.63) is 29.8 Å². The number of carboxylic acids is 1. The van der Waals surface area contributed by atoms with Gasteiger partial charge in [0.2, 0.25) is 0 Å². The Hall–Kier alpha value is -1.55. The second kappa shape index (κ2) is 7.71. The number of aliphatic carboxylic acids is 1. The van der Waals surface area contributed by atoms with Gasteiger partial charge in [-0.15, -0.1) is 0 Å². The predicted octanol–water partition coefficient (Wildman–Crippen LogP) is 2.17. The molecule has 1 aromatic rings. The highest BCUT2D eigenvalue weighted by Gasteiger charge is 2.01. The molecule has 1 rings (SSSR count). The van der Waals surface area contributed by atoms with Gasteiger partial charge in [-0.25, -0.2) is 0 Å². The molecule has 1 N–H and O–H groups in total. The first-order valence-corrected chi connectivity index (χ1v) is 6.18. The van der Waals surface area contributed by atoms with E-state index in [1.165, 1.54) is 5.56 Å². The second-order valence-electron chi connectivity index (χ2n) is 4.47. The van der Waals surface area contributed by atoms with E-state index in [2.05, 4.69) is 4.90 Å².